The first kappa shape index (κ1) is 19.0. The van der Waals surface area contributed by atoms with E-state index in [4.69, 9.17) is 21.1 Å². The van der Waals surface area contributed by atoms with Crippen LogP contribution in [0.3, 0.4) is 0 Å². The average Bonchev–Trinajstić information content (AvgIpc) is 3.02. The number of benzene rings is 1. The number of fused-ring (bicyclic) bond motifs is 1. The fourth-order valence-electron chi connectivity index (χ4n) is 3.34. The summed E-state index contributed by atoms with van der Waals surface area (Å²) >= 11 is 6.21. The molecule has 1 unspecified atom stereocenters. The maximum Gasteiger partial charge on any atom is 0.271 e. The molecule has 3 aliphatic heterocycles. The number of carbonyl (C=O) groups excluding carboxylic acids is 2. The first-order valence-corrected chi connectivity index (χ1v) is 11.0. The van der Waals surface area contributed by atoms with E-state index in [0.29, 0.717) is 36.8 Å². The Kier molecular flexibility index (Phi) is 4.92. The van der Waals surface area contributed by atoms with Crippen LogP contribution in [0.5, 0.6) is 11.5 Å². The molecule has 0 spiro atoms. The Morgan fingerprint density at radius 3 is 2.61 bits per heavy atom. The molecule has 3 aliphatic rings. The minimum Gasteiger partial charge on any atom is -0.486 e. The summed E-state index contributed by atoms with van der Waals surface area (Å²) in [6.45, 7) is 0.822. The molecule has 1 fully saturated rings. The number of anilines is 1. The van der Waals surface area contributed by atoms with Gasteiger partial charge >= 0.3 is 0 Å². The van der Waals surface area contributed by atoms with Gasteiger partial charge in [0.15, 0.2) is 21.3 Å². The Bertz CT molecular complexity index is 977. The highest BCUT2D eigenvalue weighted by atomic mass is 35.5. The third kappa shape index (κ3) is 3.79. The van der Waals surface area contributed by atoms with Crippen molar-refractivity contribution in [2.24, 2.45) is 5.10 Å². The third-order valence-corrected chi connectivity index (χ3v) is 6.82. The monoisotopic (exact) mass is 427 g/mol. The number of hydrogen-bond donors (Lipinski definition) is 1. The number of nitrogens with zero attached hydrogens (tertiary/aromatic N) is 2. The molecule has 9 nitrogen and oxygen atoms in total. The number of ether oxygens (including phenoxy) is 2. The zero-order valence-corrected chi connectivity index (χ0v) is 16.4. The highest BCUT2D eigenvalue weighted by molar-refractivity contribution is 7.91. The van der Waals surface area contributed by atoms with E-state index in [9.17, 15) is 18.0 Å². The van der Waals surface area contributed by atoms with Crippen molar-refractivity contribution in [3.8, 4) is 11.5 Å². The van der Waals surface area contributed by atoms with Gasteiger partial charge in [-0.2, -0.15) is 5.10 Å². The van der Waals surface area contributed by atoms with E-state index in [0.717, 1.165) is 5.01 Å². The van der Waals surface area contributed by atoms with E-state index < -0.39 is 21.8 Å². The lowest BCUT2D eigenvalue weighted by Gasteiger charge is -2.27. The Morgan fingerprint density at radius 1 is 1.21 bits per heavy atom. The molecule has 0 bridgehead atoms. The third-order valence-electron chi connectivity index (χ3n) is 4.76. The van der Waals surface area contributed by atoms with Crippen LogP contribution in [0.4, 0.5) is 5.69 Å². The van der Waals surface area contributed by atoms with Gasteiger partial charge in [0.1, 0.15) is 18.9 Å². The van der Waals surface area contributed by atoms with Gasteiger partial charge in [0.25, 0.3) is 5.91 Å². The average molecular weight is 428 g/mol. The molecule has 0 radical (unpaired) electrons. The van der Waals surface area contributed by atoms with Crippen molar-refractivity contribution >= 4 is 44.7 Å². The highest BCUT2D eigenvalue weighted by Crippen LogP contribution is 2.38. The number of nitrogens with one attached hydrogen (secondary N) is 1. The summed E-state index contributed by atoms with van der Waals surface area (Å²) in [5, 5.41) is 8.26. The molecule has 1 atom stereocenters. The predicted octanol–water partition coefficient (Wildman–Crippen LogP) is 1.22. The molecule has 2 amide bonds. The van der Waals surface area contributed by atoms with Crippen LogP contribution in [-0.2, 0) is 19.4 Å². The summed E-state index contributed by atoms with van der Waals surface area (Å²) in [5.41, 5.74) is 0.486. The van der Waals surface area contributed by atoms with Crippen LogP contribution in [0.2, 0.25) is 5.02 Å². The standard InChI is InChI=1S/C17H18ClN3O6S/c18-11-7-14-15(27-5-4-26-14)8-13(11)19-17(23)12-1-2-16(22)21(20-12)10-3-6-28(24,25)9-10/h7-8,10H,1-6,9H2,(H,19,23). The number of halogens is 1. The van der Waals surface area contributed by atoms with E-state index in [1.165, 1.54) is 0 Å². The van der Waals surface area contributed by atoms with Crippen LogP contribution in [0, 0.1) is 0 Å². The molecule has 28 heavy (non-hydrogen) atoms. The van der Waals surface area contributed by atoms with E-state index >= 15 is 0 Å². The molecule has 11 heteroatoms. The van der Waals surface area contributed by atoms with Crippen molar-refractivity contribution in [3.63, 3.8) is 0 Å². The molecule has 150 valence electrons. The molecule has 0 aliphatic carbocycles. The molecular formula is C17H18ClN3O6S. The second kappa shape index (κ2) is 7.25. The lowest BCUT2D eigenvalue weighted by atomic mass is 10.1. The van der Waals surface area contributed by atoms with Gasteiger partial charge in [-0.05, 0) is 6.42 Å². The number of rotatable bonds is 3. The second-order valence-electron chi connectivity index (χ2n) is 6.77. The number of hydrazone groups is 1. The van der Waals surface area contributed by atoms with E-state index in [1.54, 1.807) is 12.1 Å². The van der Waals surface area contributed by atoms with Gasteiger partial charge in [0, 0.05) is 25.0 Å². The van der Waals surface area contributed by atoms with Crippen molar-refractivity contribution in [3.05, 3.63) is 17.2 Å². The summed E-state index contributed by atoms with van der Waals surface area (Å²) in [6.07, 6.45) is 0.584. The first-order chi connectivity index (χ1) is 13.3. The Labute approximate surface area is 166 Å². The number of hydrogen-bond acceptors (Lipinski definition) is 7. The molecule has 1 saturated heterocycles. The zero-order chi connectivity index (χ0) is 19.9. The fourth-order valence-corrected chi connectivity index (χ4v) is 5.24. The summed E-state index contributed by atoms with van der Waals surface area (Å²) in [6, 6.07) is 2.61. The molecule has 1 aromatic carbocycles. The number of sulfone groups is 1. The molecular weight excluding hydrogens is 410 g/mol. The van der Waals surface area contributed by atoms with Gasteiger partial charge in [-0.3, -0.25) is 9.59 Å². The molecule has 1 aromatic rings. The quantitative estimate of drug-likeness (QED) is 0.775. The maximum absolute atomic E-state index is 12.7. The normalized spacial score (nSPS) is 23.3. The summed E-state index contributed by atoms with van der Waals surface area (Å²) in [7, 11) is -3.18. The second-order valence-corrected chi connectivity index (χ2v) is 9.41. The van der Waals surface area contributed by atoms with E-state index in [2.05, 4.69) is 10.4 Å². The van der Waals surface area contributed by atoms with Crippen molar-refractivity contribution in [2.45, 2.75) is 25.3 Å². The Hall–Kier alpha value is -2.33. The van der Waals surface area contributed by atoms with Crippen molar-refractivity contribution in [1.82, 2.24) is 5.01 Å². The lowest BCUT2D eigenvalue weighted by molar-refractivity contribution is -0.133. The van der Waals surface area contributed by atoms with Gasteiger partial charge in [-0.25, -0.2) is 13.4 Å². The minimum atomic E-state index is -3.18. The summed E-state index contributed by atoms with van der Waals surface area (Å²) in [5.74, 6) is 0.0806. The van der Waals surface area contributed by atoms with Crippen LogP contribution < -0.4 is 14.8 Å². The van der Waals surface area contributed by atoms with E-state index in [1.807, 2.05) is 0 Å². The molecule has 1 N–H and O–H groups in total. The van der Waals surface area contributed by atoms with Crippen molar-refractivity contribution in [2.75, 3.05) is 30.0 Å². The predicted molar refractivity (Wildman–Crippen MR) is 102 cm³/mol. The van der Waals surface area contributed by atoms with Crippen molar-refractivity contribution < 1.29 is 27.5 Å². The van der Waals surface area contributed by atoms with Crippen LogP contribution in [0.25, 0.3) is 0 Å². The fraction of sp³-hybridized carbons (Fsp3) is 0.471. The van der Waals surface area contributed by atoms with Gasteiger partial charge in [-0.15, -0.1) is 0 Å². The largest absolute Gasteiger partial charge is 0.486 e. The highest BCUT2D eigenvalue weighted by Gasteiger charge is 2.37. The van der Waals surface area contributed by atoms with Crippen molar-refractivity contribution in [1.29, 1.82) is 0 Å². The van der Waals surface area contributed by atoms with Crippen LogP contribution in [0.1, 0.15) is 19.3 Å². The smallest absolute Gasteiger partial charge is 0.271 e. The summed E-state index contributed by atoms with van der Waals surface area (Å²) < 4.78 is 34.3. The van der Waals surface area contributed by atoms with Crippen LogP contribution in [-0.4, -0.2) is 61.7 Å². The van der Waals surface area contributed by atoms with Gasteiger partial charge in [0.2, 0.25) is 5.91 Å². The lowest BCUT2D eigenvalue weighted by Crippen LogP contribution is -2.42. The number of amides is 2. The van der Waals surface area contributed by atoms with Gasteiger partial charge in [-0.1, -0.05) is 11.6 Å². The maximum atomic E-state index is 12.7. The van der Waals surface area contributed by atoms with E-state index in [-0.39, 0.29) is 41.0 Å². The minimum absolute atomic E-state index is 0.0191. The Morgan fingerprint density at radius 2 is 1.93 bits per heavy atom. The van der Waals surface area contributed by atoms with Crippen LogP contribution in [0.15, 0.2) is 17.2 Å². The molecule has 3 heterocycles. The zero-order valence-electron chi connectivity index (χ0n) is 14.8. The molecule has 4 rings (SSSR count). The van der Waals surface area contributed by atoms with Gasteiger partial charge < -0.3 is 14.8 Å². The topological polar surface area (TPSA) is 114 Å². The Balaban J connectivity index is 1.53. The SMILES string of the molecule is O=C(Nc1cc2c(cc1Cl)OCCO2)C1=NN(C2CCS(=O)(=O)C2)C(=O)CC1. The first-order valence-electron chi connectivity index (χ1n) is 8.83. The van der Waals surface area contributed by atoms with Crippen LogP contribution >= 0.6 is 11.6 Å². The molecule has 0 aromatic heterocycles. The van der Waals surface area contributed by atoms with Gasteiger partial charge in [0.05, 0.1) is 28.3 Å². The number of carbonyl (C=O) groups is 2. The molecule has 0 saturated carbocycles. The summed E-state index contributed by atoms with van der Waals surface area (Å²) in [4.78, 5) is 24.8.